The van der Waals surface area contributed by atoms with Gasteiger partial charge in [0.25, 0.3) is 0 Å². The van der Waals surface area contributed by atoms with Gasteiger partial charge in [-0.05, 0) is 65.2 Å². The predicted octanol–water partition coefficient (Wildman–Crippen LogP) is 2.25. The van der Waals surface area contributed by atoms with Gasteiger partial charge in [0.05, 0.1) is 30.6 Å². The number of imidazole rings is 1. The predicted molar refractivity (Wildman–Crippen MR) is 138 cm³/mol. The fraction of sp³-hybridized carbons (Fsp3) is 0.462. The normalized spacial score (nSPS) is 11.6. The van der Waals surface area contributed by atoms with Crippen LogP contribution in [-0.2, 0) is 27.5 Å². The fourth-order valence-corrected chi connectivity index (χ4v) is 3.92. The summed E-state index contributed by atoms with van der Waals surface area (Å²) in [6, 6.07) is 10.4. The van der Waals surface area contributed by atoms with E-state index in [1.54, 1.807) is 0 Å². The number of aliphatic carboxylic acids is 3. The van der Waals surface area contributed by atoms with Gasteiger partial charge >= 0.3 is 17.9 Å². The van der Waals surface area contributed by atoms with Crippen molar-refractivity contribution in [2.24, 2.45) is 0 Å². The number of hydrogen-bond donors (Lipinski definition) is 4. The van der Waals surface area contributed by atoms with Crippen LogP contribution in [0.1, 0.15) is 42.3 Å². The van der Waals surface area contributed by atoms with E-state index < -0.39 is 36.4 Å². The summed E-state index contributed by atoms with van der Waals surface area (Å²) >= 11 is 0. The van der Waals surface area contributed by atoms with Gasteiger partial charge in [-0.2, -0.15) is 0 Å². The van der Waals surface area contributed by atoms with Crippen LogP contribution < -0.4 is 0 Å². The first-order valence-electron chi connectivity index (χ1n) is 12.0. The van der Waals surface area contributed by atoms with Crippen molar-refractivity contribution < 1.29 is 39.2 Å². The van der Waals surface area contributed by atoms with E-state index in [-0.39, 0.29) is 0 Å². The number of hydrogen-bond acceptors (Lipinski definition) is 8. The second-order valence-corrected chi connectivity index (χ2v) is 9.42. The van der Waals surface area contributed by atoms with E-state index in [0.717, 1.165) is 55.6 Å². The van der Waals surface area contributed by atoms with Crippen LogP contribution in [0.2, 0.25) is 0 Å². The summed E-state index contributed by atoms with van der Waals surface area (Å²) in [4.78, 5) is 39.9. The molecule has 3 heterocycles. The molecule has 0 unspecified atom stereocenters. The summed E-state index contributed by atoms with van der Waals surface area (Å²) in [5, 5.41) is 33.8. The molecular formula is C26H36N4O8. The Hall–Kier alpha value is -3.74. The summed E-state index contributed by atoms with van der Waals surface area (Å²) in [7, 11) is 4.24. The molecule has 0 fully saturated rings. The summed E-state index contributed by atoms with van der Waals surface area (Å²) < 4.78 is 7.95. The van der Waals surface area contributed by atoms with Crippen molar-refractivity contribution in [3.8, 4) is 0 Å². The molecule has 0 atom stereocenters. The highest BCUT2D eigenvalue weighted by atomic mass is 16.4. The van der Waals surface area contributed by atoms with Crippen LogP contribution in [-0.4, -0.2) is 90.3 Å². The molecule has 0 bridgehead atoms. The number of carboxylic acid groups (broad SMARTS) is 3. The minimum Gasteiger partial charge on any atom is -0.481 e. The van der Waals surface area contributed by atoms with Crippen LogP contribution in [0.3, 0.4) is 0 Å². The topological polar surface area (TPSA) is 169 Å². The third-order valence-corrected chi connectivity index (χ3v) is 5.71. The first-order valence-corrected chi connectivity index (χ1v) is 12.0. The number of aliphatic hydroxyl groups is 1. The SMILES string of the molecule is Cc1ccc(CN(CCCN(C)C)Cc2nc(C)n3ccccc23)o1.O=C(O)CC(O)(CC(=O)O)C(=O)O. The van der Waals surface area contributed by atoms with E-state index in [4.69, 9.17) is 29.8 Å². The molecule has 3 aromatic heterocycles. The molecule has 38 heavy (non-hydrogen) atoms. The first kappa shape index (κ1) is 30.5. The smallest absolute Gasteiger partial charge is 0.336 e. The zero-order valence-corrected chi connectivity index (χ0v) is 22.1. The molecule has 208 valence electrons. The van der Waals surface area contributed by atoms with Crippen LogP contribution in [0.15, 0.2) is 40.9 Å². The molecule has 0 saturated heterocycles. The lowest BCUT2D eigenvalue weighted by molar-refractivity contribution is -0.170. The molecule has 0 spiro atoms. The summed E-state index contributed by atoms with van der Waals surface area (Å²) in [6.07, 6.45) is 0.911. The lowest BCUT2D eigenvalue weighted by atomic mass is 9.96. The van der Waals surface area contributed by atoms with Crippen molar-refractivity contribution in [2.75, 3.05) is 27.2 Å². The average molecular weight is 533 g/mol. The number of fused-ring (bicyclic) bond motifs is 1. The second-order valence-electron chi connectivity index (χ2n) is 9.42. The molecule has 12 heteroatoms. The number of aromatic nitrogens is 2. The zero-order chi connectivity index (χ0) is 28.5. The van der Waals surface area contributed by atoms with Gasteiger partial charge in [-0.15, -0.1) is 0 Å². The molecule has 0 aliphatic carbocycles. The van der Waals surface area contributed by atoms with Crippen molar-refractivity contribution in [1.29, 1.82) is 0 Å². The quantitative estimate of drug-likeness (QED) is 0.255. The maximum absolute atomic E-state index is 10.3. The van der Waals surface area contributed by atoms with Gasteiger partial charge in [-0.3, -0.25) is 14.5 Å². The average Bonchev–Trinajstić information content (AvgIpc) is 3.35. The van der Waals surface area contributed by atoms with Gasteiger partial charge in [-0.25, -0.2) is 9.78 Å². The Bertz CT molecular complexity index is 1220. The highest BCUT2D eigenvalue weighted by Crippen LogP contribution is 2.18. The van der Waals surface area contributed by atoms with Crippen molar-refractivity contribution in [2.45, 2.75) is 51.8 Å². The van der Waals surface area contributed by atoms with Crippen molar-refractivity contribution in [3.63, 3.8) is 0 Å². The Labute approximate surface area is 220 Å². The summed E-state index contributed by atoms with van der Waals surface area (Å²) in [5.74, 6) is -2.00. The Kier molecular flexibility index (Phi) is 11.0. The monoisotopic (exact) mass is 532 g/mol. The minimum absolute atomic E-state index is 0.812. The molecule has 0 aliphatic rings. The maximum atomic E-state index is 10.3. The van der Waals surface area contributed by atoms with Crippen LogP contribution in [0, 0.1) is 13.8 Å². The summed E-state index contributed by atoms with van der Waals surface area (Å²) in [5.41, 5.74) is -0.419. The van der Waals surface area contributed by atoms with E-state index in [1.807, 2.05) is 19.1 Å². The van der Waals surface area contributed by atoms with Crippen LogP contribution in [0.5, 0.6) is 0 Å². The van der Waals surface area contributed by atoms with Crippen LogP contribution >= 0.6 is 0 Å². The summed E-state index contributed by atoms with van der Waals surface area (Å²) in [6.45, 7) is 7.79. The van der Waals surface area contributed by atoms with E-state index in [9.17, 15) is 14.4 Å². The first-order chi connectivity index (χ1) is 17.8. The Morgan fingerprint density at radius 3 is 2.16 bits per heavy atom. The van der Waals surface area contributed by atoms with Crippen LogP contribution in [0.4, 0.5) is 0 Å². The van der Waals surface area contributed by atoms with Gasteiger partial charge in [0.2, 0.25) is 0 Å². The lowest BCUT2D eigenvalue weighted by Crippen LogP contribution is -2.42. The minimum atomic E-state index is -2.74. The number of rotatable bonds is 13. The van der Waals surface area contributed by atoms with E-state index in [2.05, 4.69) is 59.6 Å². The number of carbonyl (C=O) groups is 3. The lowest BCUT2D eigenvalue weighted by Gasteiger charge is -2.21. The van der Waals surface area contributed by atoms with E-state index in [1.165, 1.54) is 5.52 Å². The number of carboxylic acids is 3. The Morgan fingerprint density at radius 1 is 0.974 bits per heavy atom. The highest BCUT2D eigenvalue weighted by Gasteiger charge is 2.40. The highest BCUT2D eigenvalue weighted by molar-refractivity contribution is 5.88. The van der Waals surface area contributed by atoms with Crippen molar-refractivity contribution >= 4 is 23.4 Å². The molecule has 3 rings (SSSR count). The third kappa shape index (κ3) is 9.29. The Morgan fingerprint density at radius 2 is 1.63 bits per heavy atom. The van der Waals surface area contributed by atoms with Crippen LogP contribution in [0.25, 0.3) is 5.52 Å². The van der Waals surface area contributed by atoms with Gasteiger partial charge in [-0.1, -0.05) is 6.07 Å². The fourth-order valence-electron chi connectivity index (χ4n) is 3.92. The molecule has 12 nitrogen and oxygen atoms in total. The molecule has 4 N–H and O–H groups in total. The largest absolute Gasteiger partial charge is 0.481 e. The van der Waals surface area contributed by atoms with Crippen molar-refractivity contribution in [3.05, 3.63) is 59.6 Å². The van der Waals surface area contributed by atoms with E-state index in [0.29, 0.717) is 0 Å². The molecule has 0 radical (unpaired) electrons. The molecule has 0 aliphatic heterocycles. The number of nitrogens with zero attached hydrogens (tertiary/aromatic N) is 4. The molecule has 0 aromatic carbocycles. The van der Waals surface area contributed by atoms with Gasteiger partial charge in [0.1, 0.15) is 17.3 Å². The molecule has 3 aromatic rings. The third-order valence-electron chi connectivity index (χ3n) is 5.71. The van der Waals surface area contributed by atoms with Crippen molar-refractivity contribution in [1.82, 2.24) is 19.2 Å². The number of pyridine rings is 1. The second kappa shape index (κ2) is 13.7. The maximum Gasteiger partial charge on any atom is 0.336 e. The van der Waals surface area contributed by atoms with Gasteiger partial charge in [0.15, 0.2) is 5.60 Å². The Balaban J connectivity index is 0.000000332. The molecule has 0 amide bonds. The van der Waals surface area contributed by atoms with Gasteiger partial charge < -0.3 is 34.1 Å². The number of furan rings is 1. The molecular weight excluding hydrogens is 496 g/mol. The molecule has 0 saturated carbocycles. The number of aryl methyl sites for hydroxylation is 2. The van der Waals surface area contributed by atoms with Gasteiger partial charge in [0, 0.05) is 19.3 Å². The zero-order valence-electron chi connectivity index (χ0n) is 22.1. The van der Waals surface area contributed by atoms with E-state index >= 15 is 0 Å². The standard InChI is InChI=1S/C20H28N4O.C6H8O7/c1-16-9-10-18(25-16)14-23(12-7-11-22(3)4)15-19-20-8-5-6-13-24(20)17(2)21-19;7-3(8)1-6(13,5(11)12)2-4(9)10/h5-6,8-10,13H,7,11-12,14-15H2,1-4H3;13H,1-2H2,(H,7,8)(H,9,10)(H,11,12).